The van der Waals surface area contributed by atoms with Crippen LogP contribution >= 0.6 is 11.5 Å². The van der Waals surface area contributed by atoms with Crippen molar-refractivity contribution in [1.29, 1.82) is 0 Å². The van der Waals surface area contributed by atoms with Crippen molar-refractivity contribution in [2.24, 2.45) is 5.73 Å². The number of nitrogens with zero attached hydrogens (tertiary/aromatic N) is 2. The van der Waals surface area contributed by atoms with Crippen LogP contribution in [0.5, 0.6) is 0 Å². The van der Waals surface area contributed by atoms with Crippen molar-refractivity contribution in [3.05, 3.63) is 24.3 Å². The van der Waals surface area contributed by atoms with Gasteiger partial charge in [-0.05, 0) is 30.6 Å². The topological polar surface area (TPSA) is 59.2 Å². The lowest BCUT2D eigenvalue weighted by Gasteiger charge is -2.19. The molecule has 2 aromatic rings. The summed E-state index contributed by atoms with van der Waals surface area (Å²) in [5, 5.41) is 1.14. The molecule has 0 spiro atoms. The second-order valence-corrected chi connectivity index (χ2v) is 4.60. The van der Waals surface area contributed by atoms with E-state index in [9.17, 15) is 4.79 Å². The van der Waals surface area contributed by atoms with Crippen LogP contribution in [0.2, 0.25) is 0 Å². The van der Waals surface area contributed by atoms with Crippen LogP contribution in [0.15, 0.2) is 24.3 Å². The first-order valence-electron chi connectivity index (χ1n) is 5.60. The molecule has 2 rings (SSSR count). The Hall–Kier alpha value is -1.62. The molecule has 0 fully saturated rings. The molecule has 1 aromatic heterocycles. The molecule has 0 aliphatic rings. The molecule has 0 radical (unpaired) electrons. The number of amides is 1. The maximum atomic E-state index is 10.8. The van der Waals surface area contributed by atoms with Crippen LogP contribution in [0, 0.1) is 0 Å². The number of primary amides is 1. The number of rotatable bonds is 5. The van der Waals surface area contributed by atoms with Crippen molar-refractivity contribution in [2.75, 3.05) is 18.0 Å². The molecule has 0 aliphatic heterocycles. The number of carbonyl (C=O) groups excluding carboxylic acids is 1. The monoisotopic (exact) mass is 249 g/mol. The molecule has 0 bridgehead atoms. The highest BCUT2D eigenvalue weighted by atomic mass is 32.1. The van der Waals surface area contributed by atoms with Gasteiger partial charge in [-0.15, -0.1) is 0 Å². The van der Waals surface area contributed by atoms with Gasteiger partial charge in [-0.1, -0.05) is 12.1 Å². The van der Waals surface area contributed by atoms with Crippen LogP contribution in [-0.2, 0) is 4.79 Å². The lowest BCUT2D eigenvalue weighted by Crippen LogP contribution is -2.28. The predicted octanol–water partition coefficient (Wildman–Crippen LogP) is 2.00. The molecule has 1 heterocycles. The van der Waals surface area contributed by atoms with Crippen molar-refractivity contribution in [3.63, 3.8) is 0 Å². The molecule has 2 N–H and O–H groups in total. The fraction of sp³-hybridized carbons (Fsp3) is 0.333. The fourth-order valence-electron chi connectivity index (χ4n) is 1.76. The molecule has 1 aromatic carbocycles. The lowest BCUT2D eigenvalue weighted by atomic mass is 10.2. The number of aromatic nitrogens is 1. The first kappa shape index (κ1) is 11.9. The number of nitrogens with two attached hydrogens (primary N) is 1. The van der Waals surface area contributed by atoms with E-state index >= 15 is 0 Å². The van der Waals surface area contributed by atoms with Gasteiger partial charge in [-0.2, -0.15) is 4.37 Å². The van der Waals surface area contributed by atoms with E-state index < -0.39 is 0 Å². The number of benzene rings is 1. The van der Waals surface area contributed by atoms with E-state index in [2.05, 4.69) is 28.3 Å². The number of carbonyl (C=O) groups is 1. The van der Waals surface area contributed by atoms with Gasteiger partial charge in [0, 0.05) is 24.9 Å². The largest absolute Gasteiger partial charge is 0.370 e. The molecule has 0 saturated carbocycles. The van der Waals surface area contributed by atoms with E-state index in [0.717, 1.165) is 17.7 Å². The number of fused-ring (bicyclic) bond motifs is 1. The SMILES string of the molecule is CCN(CCC(N)=O)c1nsc2ccccc12. The predicted molar refractivity (Wildman–Crippen MR) is 71.3 cm³/mol. The lowest BCUT2D eigenvalue weighted by molar-refractivity contribution is -0.117. The molecule has 0 saturated heterocycles. The van der Waals surface area contributed by atoms with Crippen LogP contribution in [0.25, 0.3) is 10.1 Å². The highest BCUT2D eigenvalue weighted by Gasteiger charge is 2.12. The molecular weight excluding hydrogens is 234 g/mol. The second-order valence-electron chi connectivity index (χ2n) is 3.80. The first-order chi connectivity index (χ1) is 8.22. The Labute approximate surface area is 104 Å². The summed E-state index contributed by atoms with van der Waals surface area (Å²) in [6.45, 7) is 3.50. The Kier molecular flexibility index (Phi) is 3.58. The zero-order chi connectivity index (χ0) is 12.3. The van der Waals surface area contributed by atoms with E-state index in [-0.39, 0.29) is 5.91 Å². The average molecular weight is 249 g/mol. The highest BCUT2D eigenvalue weighted by molar-refractivity contribution is 7.13. The summed E-state index contributed by atoms with van der Waals surface area (Å²) in [5.41, 5.74) is 5.18. The van der Waals surface area contributed by atoms with Crippen LogP contribution in [-0.4, -0.2) is 23.4 Å². The normalized spacial score (nSPS) is 10.6. The third kappa shape index (κ3) is 2.55. The Morgan fingerprint density at radius 1 is 1.47 bits per heavy atom. The molecule has 5 heteroatoms. The van der Waals surface area contributed by atoms with Crippen LogP contribution in [0.4, 0.5) is 5.82 Å². The first-order valence-corrected chi connectivity index (χ1v) is 6.37. The Morgan fingerprint density at radius 2 is 2.24 bits per heavy atom. The molecule has 90 valence electrons. The van der Waals surface area contributed by atoms with Gasteiger partial charge in [0.25, 0.3) is 0 Å². The summed E-state index contributed by atoms with van der Waals surface area (Å²) in [6.07, 6.45) is 0.361. The van der Waals surface area contributed by atoms with Gasteiger partial charge < -0.3 is 10.6 Å². The van der Waals surface area contributed by atoms with E-state index in [4.69, 9.17) is 5.73 Å². The summed E-state index contributed by atoms with van der Waals surface area (Å²) in [7, 11) is 0. The van der Waals surface area contributed by atoms with Crippen molar-refractivity contribution in [1.82, 2.24) is 4.37 Å². The summed E-state index contributed by atoms with van der Waals surface area (Å²) in [6, 6.07) is 8.12. The van der Waals surface area contributed by atoms with Crippen LogP contribution < -0.4 is 10.6 Å². The summed E-state index contributed by atoms with van der Waals surface area (Å²) in [5.74, 6) is 0.678. The summed E-state index contributed by atoms with van der Waals surface area (Å²) < 4.78 is 5.63. The zero-order valence-electron chi connectivity index (χ0n) is 9.72. The molecule has 0 atom stereocenters. The summed E-state index contributed by atoms with van der Waals surface area (Å²) in [4.78, 5) is 12.9. The maximum Gasteiger partial charge on any atom is 0.219 e. The molecule has 0 unspecified atom stereocenters. The van der Waals surface area contributed by atoms with Crippen LogP contribution in [0.1, 0.15) is 13.3 Å². The third-order valence-electron chi connectivity index (χ3n) is 2.67. The standard InChI is InChI=1S/C12H15N3OS/c1-2-15(8-7-11(13)16)12-9-5-3-4-6-10(9)17-14-12/h3-6H,2,7-8H2,1H3,(H2,13,16). The molecule has 0 aliphatic carbocycles. The molecule has 17 heavy (non-hydrogen) atoms. The maximum absolute atomic E-state index is 10.8. The minimum atomic E-state index is -0.275. The second kappa shape index (κ2) is 5.14. The Morgan fingerprint density at radius 3 is 2.94 bits per heavy atom. The molecular formula is C12H15N3OS. The van der Waals surface area contributed by atoms with Crippen molar-refractivity contribution >= 4 is 33.3 Å². The highest BCUT2D eigenvalue weighted by Crippen LogP contribution is 2.29. The third-order valence-corrected chi connectivity index (χ3v) is 3.48. The van der Waals surface area contributed by atoms with Gasteiger partial charge in [0.15, 0.2) is 0 Å². The quantitative estimate of drug-likeness (QED) is 0.881. The number of hydrogen-bond donors (Lipinski definition) is 1. The Bertz CT molecular complexity index is 523. The minimum absolute atomic E-state index is 0.275. The van der Waals surface area contributed by atoms with E-state index in [1.54, 1.807) is 0 Å². The van der Waals surface area contributed by atoms with E-state index in [1.807, 2.05) is 12.1 Å². The van der Waals surface area contributed by atoms with E-state index in [1.165, 1.54) is 16.2 Å². The van der Waals surface area contributed by atoms with Gasteiger partial charge in [0.05, 0.1) is 4.70 Å². The smallest absolute Gasteiger partial charge is 0.219 e. The van der Waals surface area contributed by atoms with E-state index in [0.29, 0.717) is 13.0 Å². The van der Waals surface area contributed by atoms with Gasteiger partial charge in [0.1, 0.15) is 5.82 Å². The number of anilines is 1. The van der Waals surface area contributed by atoms with Gasteiger partial charge in [0.2, 0.25) is 5.91 Å². The summed E-state index contributed by atoms with van der Waals surface area (Å²) >= 11 is 1.48. The fourth-order valence-corrected chi connectivity index (χ4v) is 2.56. The van der Waals surface area contributed by atoms with Crippen molar-refractivity contribution in [3.8, 4) is 0 Å². The van der Waals surface area contributed by atoms with Gasteiger partial charge in [-0.3, -0.25) is 4.79 Å². The average Bonchev–Trinajstić information content (AvgIpc) is 2.74. The Balaban J connectivity index is 2.27. The molecule has 4 nitrogen and oxygen atoms in total. The van der Waals surface area contributed by atoms with Gasteiger partial charge in [-0.25, -0.2) is 0 Å². The van der Waals surface area contributed by atoms with Crippen LogP contribution in [0.3, 0.4) is 0 Å². The number of hydrogen-bond acceptors (Lipinski definition) is 4. The van der Waals surface area contributed by atoms with Crippen molar-refractivity contribution < 1.29 is 4.79 Å². The van der Waals surface area contributed by atoms with Crippen molar-refractivity contribution in [2.45, 2.75) is 13.3 Å². The minimum Gasteiger partial charge on any atom is -0.370 e. The zero-order valence-corrected chi connectivity index (χ0v) is 10.5. The van der Waals surface area contributed by atoms with Gasteiger partial charge >= 0.3 is 0 Å². The molecule has 1 amide bonds.